The van der Waals surface area contributed by atoms with Crippen LogP contribution in [0.3, 0.4) is 0 Å². The molecule has 0 bridgehead atoms. The second-order valence-corrected chi connectivity index (χ2v) is 6.15. The van der Waals surface area contributed by atoms with Gasteiger partial charge >= 0.3 is 0 Å². The average Bonchev–Trinajstić information content (AvgIpc) is 2.71. The summed E-state index contributed by atoms with van der Waals surface area (Å²) in [6, 6.07) is 18.9. The third-order valence-corrected chi connectivity index (χ3v) is 4.12. The number of ether oxygens (including phenoxy) is 2. The molecule has 0 saturated heterocycles. The molecule has 1 heterocycles. The number of pyridine rings is 1. The van der Waals surface area contributed by atoms with Crippen molar-refractivity contribution >= 4 is 11.6 Å². The molecule has 0 aliphatic heterocycles. The van der Waals surface area contributed by atoms with E-state index in [9.17, 15) is 4.79 Å². The van der Waals surface area contributed by atoms with Gasteiger partial charge < -0.3 is 14.8 Å². The summed E-state index contributed by atoms with van der Waals surface area (Å²) in [6.07, 6.45) is 3.78. The fourth-order valence-corrected chi connectivity index (χ4v) is 2.60. The molecule has 0 aliphatic carbocycles. The van der Waals surface area contributed by atoms with Gasteiger partial charge in [0.1, 0.15) is 11.5 Å². The highest BCUT2D eigenvalue weighted by molar-refractivity contribution is 5.94. The number of benzene rings is 2. The number of anilines is 1. The second kappa shape index (κ2) is 8.85. The summed E-state index contributed by atoms with van der Waals surface area (Å²) in [4.78, 5) is 16.4. The molecule has 0 saturated carbocycles. The highest BCUT2D eigenvalue weighted by Gasteiger charge is 2.15. The molecule has 0 aliphatic rings. The van der Waals surface area contributed by atoms with E-state index in [2.05, 4.69) is 10.3 Å². The van der Waals surface area contributed by atoms with E-state index in [1.54, 1.807) is 50.7 Å². The maximum absolute atomic E-state index is 12.3. The molecule has 27 heavy (non-hydrogen) atoms. The predicted octanol–water partition coefficient (Wildman–Crippen LogP) is 4.09. The number of carbonyl (C=O) groups is 1. The quantitative estimate of drug-likeness (QED) is 0.688. The maximum atomic E-state index is 12.3. The molecule has 0 spiro atoms. The lowest BCUT2D eigenvalue weighted by molar-refractivity contribution is -0.122. The predicted molar refractivity (Wildman–Crippen MR) is 105 cm³/mol. The van der Waals surface area contributed by atoms with Gasteiger partial charge in [0.2, 0.25) is 0 Å². The van der Waals surface area contributed by atoms with Gasteiger partial charge in [-0.2, -0.15) is 0 Å². The second-order valence-electron chi connectivity index (χ2n) is 6.15. The molecule has 1 atom stereocenters. The van der Waals surface area contributed by atoms with Crippen molar-refractivity contribution in [2.24, 2.45) is 0 Å². The van der Waals surface area contributed by atoms with E-state index in [4.69, 9.17) is 9.47 Å². The van der Waals surface area contributed by atoms with Gasteiger partial charge in [-0.25, -0.2) is 0 Å². The first kappa shape index (κ1) is 18.5. The molecule has 3 aromatic rings. The smallest absolute Gasteiger partial charge is 0.265 e. The van der Waals surface area contributed by atoms with Crippen molar-refractivity contribution in [3.05, 3.63) is 84.2 Å². The van der Waals surface area contributed by atoms with Crippen molar-refractivity contribution in [1.82, 2.24) is 4.98 Å². The SMILES string of the molecule is COc1ccc(O[C@H](C)C(=O)Nc2ccc(Cc3ccncc3)cc2)cc1. The van der Waals surface area contributed by atoms with E-state index in [-0.39, 0.29) is 5.91 Å². The molecule has 138 valence electrons. The highest BCUT2D eigenvalue weighted by atomic mass is 16.5. The third-order valence-electron chi connectivity index (χ3n) is 4.12. The number of nitrogens with one attached hydrogen (secondary N) is 1. The van der Waals surface area contributed by atoms with E-state index < -0.39 is 6.10 Å². The molecule has 1 amide bonds. The van der Waals surface area contributed by atoms with Crippen LogP contribution in [-0.4, -0.2) is 24.1 Å². The molecule has 3 rings (SSSR count). The first-order valence-corrected chi connectivity index (χ1v) is 8.73. The van der Waals surface area contributed by atoms with Crippen molar-refractivity contribution in [3.63, 3.8) is 0 Å². The van der Waals surface area contributed by atoms with Crippen LogP contribution in [0, 0.1) is 0 Å². The van der Waals surface area contributed by atoms with E-state index in [1.807, 2.05) is 36.4 Å². The van der Waals surface area contributed by atoms with Crippen LogP contribution in [0.4, 0.5) is 5.69 Å². The minimum atomic E-state index is -0.616. The molecule has 0 unspecified atom stereocenters. The summed E-state index contributed by atoms with van der Waals surface area (Å²) in [7, 11) is 1.61. The fraction of sp³-hybridized carbons (Fsp3) is 0.182. The van der Waals surface area contributed by atoms with Crippen LogP contribution in [0.25, 0.3) is 0 Å². The van der Waals surface area contributed by atoms with Gasteiger partial charge in [0.25, 0.3) is 5.91 Å². The van der Waals surface area contributed by atoms with Crippen LogP contribution < -0.4 is 14.8 Å². The normalized spacial score (nSPS) is 11.5. The van der Waals surface area contributed by atoms with Crippen LogP contribution in [0.5, 0.6) is 11.5 Å². The van der Waals surface area contributed by atoms with Crippen molar-refractivity contribution in [2.75, 3.05) is 12.4 Å². The van der Waals surface area contributed by atoms with Crippen molar-refractivity contribution in [2.45, 2.75) is 19.4 Å². The largest absolute Gasteiger partial charge is 0.497 e. The lowest BCUT2D eigenvalue weighted by atomic mass is 10.1. The van der Waals surface area contributed by atoms with Crippen LogP contribution in [0.2, 0.25) is 0 Å². The van der Waals surface area contributed by atoms with Gasteiger partial charge in [-0.1, -0.05) is 12.1 Å². The highest BCUT2D eigenvalue weighted by Crippen LogP contribution is 2.19. The van der Waals surface area contributed by atoms with Crippen molar-refractivity contribution in [3.8, 4) is 11.5 Å². The Morgan fingerprint density at radius 2 is 1.52 bits per heavy atom. The Hall–Kier alpha value is -3.34. The van der Waals surface area contributed by atoms with Crippen molar-refractivity contribution < 1.29 is 14.3 Å². The first-order chi connectivity index (χ1) is 13.1. The number of carbonyl (C=O) groups excluding carboxylic acids is 1. The van der Waals surface area contributed by atoms with Crippen molar-refractivity contribution in [1.29, 1.82) is 0 Å². The Morgan fingerprint density at radius 3 is 2.15 bits per heavy atom. The molecule has 5 nitrogen and oxygen atoms in total. The molecule has 1 aromatic heterocycles. The molecular formula is C22H22N2O3. The number of nitrogens with zero attached hydrogens (tertiary/aromatic N) is 1. The number of aromatic nitrogens is 1. The number of methoxy groups -OCH3 is 1. The lowest BCUT2D eigenvalue weighted by Crippen LogP contribution is -2.30. The number of amides is 1. The molecular weight excluding hydrogens is 340 g/mol. The van der Waals surface area contributed by atoms with E-state index in [0.29, 0.717) is 5.75 Å². The number of hydrogen-bond acceptors (Lipinski definition) is 4. The summed E-state index contributed by atoms with van der Waals surface area (Å²) in [5.74, 6) is 1.16. The number of hydrogen-bond donors (Lipinski definition) is 1. The van der Waals surface area contributed by atoms with Crippen LogP contribution >= 0.6 is 0 Å². The lowest BCUT2D eigenvalue weighted by Gasteiger charge is -2.15. The molecule has 1 N–H and O–H groups in total. The van der Waals surface area contributed by atoms with E-state index in [0.717, 1.165) is 17.9 Å². The molecule has 5 heteroatoms. The zero-order chi connectivity index (χ0) is 19.1. The Kier molecular flexibility index (Phi) is 6.05. The molecule has 0 radical (unpaired) electrons. The zero-order valence-corrected chi connectivity index (χ0v) is 15.4. The Labute approximate surface area is 159 Å². The Bertz CT molecular complexity index is 862. The molecule has 2 aromatic carbocycles. The average molecular weight is 362 g/mol. The minimum absolute atomic E-state index is 0.201. The summed E-state index contributed by atoms with van der Waals surface area (Å²) in [5, 5.41) is 2.88. The summed E-state index contributed by atoms with van der Waals surface area (Å²) in [5.41, 5.74) is 3.11. The first-order valence-electron chi connectivity index (χ1n) is 8.73. The Balaban J connectivity index is 1.54. The van der Waals surface area contributed by atoms with Gasteiger partial charge in [-0.05, 0) is 73.0 Å². The van der Waals surface area contributed by atoms with Gasteiger partial charge in [-0.15, -0.1) is 0 Å². The van der Waals surface area contributed by atoms with Crippen LogP contribution in [-0.2, 0) is 11.2 Å². The summed E-state index contributed by atoms with van der Waals surface area (Å²) < 4.78 is 10.8. The minimum Gasteiger partial charge on any atom is -0.497 e. The third kappa shape index (κ3) is 5.31. The maximum Gasteiger partial charge on any atom is 0.265 e. The number of rotatable bonds is 7. The van der Waals surface area contributed by atoms with E-state index >= 15 is 0 Å². The van der Waals surface area contributed by atoms with E-state index in [1.165, 1.54) is 11.1 Å². The molecule has 0 fully saturated rings. The summed E-state index contributed by atoms with van der Waals surface area (Å²) in [6.45, 7) is 1.72. The monoisotopic (exact) mass is 362 g/mol. The van der Waals surface area contributed by atoms with Gasteiger partial charge in [-0.3, -0.25) is 9.78 Å². The van der Waals surface area contributed by atoms with Crippen LogP contribution in [0.1, 0.15) is 18.1 Å². The van der Waals surface area contributed by atoms with Crippen LogP contribution in [0.15, 0.2) is 73.1 Å². The zero-order valence-electron chi connectivity index (χ0n) is 15.4. The standard InChI is InChI=1S/C22H22N2O3/c1-16(27-21-9-7-20(26-2)8-10-21)22(25)24-19-5-3-17(4-6-19)15-18-11-13-23-14-12-18/h3-14,16H,15H2,1-2H3,(H,24,25)/t16-/m1/s1. The van der Waals surface area contributed by atoms with Gasteiger partial charge in [0.05, 0.1) is 7.11 Å². The van der Waals surface area contributed by atoms with Gasteiger partial charge in [0, 0.05) is 18.1 Å². The van der Waals surface area contributed by atoms with Gasteiger partial charge in [0.15, 0.2) is 6.10 Å². The summed E-state index contributed by atoms with van der Waals surface area (Å²) >= 11 is 0. The Morgan fingerprint density at radius 1 is 0.926 bits per heavy atom. The fourth-order valence-electron chi connectivity index (χ4n) is 2.60. The topological polar surface area (TPSA) is 60.5 Å².